The molecule has 1 fully saturated rings. The lowest BCUT2D eigenvalue weighted by Gasteiger charge is -2.34. The van der Waals surface area contributed by atoms with Crippen LogP contribution < -0.4 is 10.6 Å². The number of pyridine rings is 1. The summed E-state index contributed by atoms with van der Waals surface area (Å²) in [5.41, 5.74) is 4.80. The van der Waals surface area contributed by atoms with Gasteiger partial charge in [-0.2, -0.15) is 0 Å². The molecule has 1 aromatic heterocycles. The molecule has 3 aromatic rings. The SMILES string of the molecule is Cc1ccc(C)c(Nc2cc(C(=O)NCCCN3C[C@H](C)C[C@@H](C)C3)c3ccccc3n2)c1. The fourth-order valence-corrected chi connectivity index (χ4v) is 5.01. The molecule has 0 radical (unpaired) electrons. The Morgan fingerprint density at radius 3 is 2.61 bits per heavy atom. The second-order valence-electron chi connectivity index (χ2n) is 9.83. The molecular formula is C28H36N4O. The molecule has 0 saturated carbocycles. The van der Waals surface area contributed by atoms with Crippen molar-refractivity contribution in [3.8, 4) is 0 Å². The van der Waals surface area contributed by atoms with Crippen molar-refractivity contribution in [2.75, 3.05) is 31.5 Å². The van der Waals surface area contributed by atoms with Gasteiger partial charge in [-0.1, -0.05) is 44.2 Å². The number of hydrogen-bond donors (Lipinski definition) is 2. The summed E-state index contributed by atoms with van der Waals surface area (Å²) in [7, 11) is 0. The first kappa shape index (κ1) is 23.2. The summed E-state index contributed by atoms with van der Waals surface area (Å²) >= 11 is 0. The topological polar surface area (TPSA) is 57.3 Å². The Balaban J connectivity index is 1.45. The molecule has 1 saturated heterocycles. The highest BCUT2D eigenvalue weighted by Crippen LogP contribution is 2.26. The Bertz CT molecular complexity index is 1120. The number of hydrogen-bond acceptors (Lipinski definition) is 4. The van der Waals surface area contributed by atoms with Gasteiger partial charge in [-0.3, -0.25) is 4.79 Å². The predicted molar refractivity (Wildman–Crippen MR) is 137 cm³/mol. The number of fused-ring (bicyclic) bond motifs is 1. The Labute approximate surface area is 197 Å². The molecule has 5 nitrogen and oxygen atoms in total. The van der Waals surface area contributed by atoms with Crippen LogP contribution in [0.25, 0.3) is 10.9 Å². The van der Waals surface area contributed by atoms with Gasteiger partial charge in [-0.05, 0) is 74.4 Å². The number of aryl methyl sites for hydroxylation is 2. The van der Waals surface area contributed by atoms with Gasteiger partial charge in [-0.15, -0.1) is 0 Å². The zero-order valence-electron chi connectivity index (χ0n) is 20.3. The largest absolute Gasteiger partial charge is 0.352 e. The van der Waals surface area contributed by atoms with Gasteiger partial charge in [-0.25, -0.2) is 4.98 Å². The molecule has 4 rings (SSSR count). The molecule has 2 atom stereocenters. The minimum absolute atomic E-state index is 0.0435. The number of nitrogens with one attached hydrogen (secondary N) is 2. The minimum Gasteiger partial charge on any atom is -0.352 e. The molecular weight excluding hydrogens is 408 g/mol. The second-order valence-corrected chi connectivity index (χ2v) is 9.83. The van der Waals surface area contributed by atoms with Gasteiger partial charge in [0.15, 0.2) is 0 Å². The Morgan fingerprint density at radius 2 is 1.82 bits per heavy atom. The number of para-hydroxylation sites is 1. The Hall–Kier alpha value is -2.92. The van der Waals surface area contributed by atoms with Gasteiger partial charge < -0.3 is 15.5 Å². The van der Waals surface area contributed by atoms with Crippen LogP contribution in [-0.4, -0.2) is 42.0 Å². The zero-order valence-corrected chi connectivity index (χ0v) is 20.3. The van der Waals surface area contributed by atoms with Crippen molar-refractivity contribution in [3.05, 3.63) is 65.2 Å². The molecule has 1 amide bonds. The fourth-order valence-electron chi connectivity index (χ4n) is 5.01. The molecule has 0 bridgehead atoms. The summed E-state index contributed by atoms with van der Waals surface area (Å²) in [6.45, 7) is 12.9. The molecule has 2 aromatic carbocycles. The van der Waals surface area contributed by atoms with Crippen LogP contribution in [0.15, 0.2) is 48.5 Å². The number of amides is 1. The average Bonchev–Trinajstić information content (AvgIpc) is 2.78. The monoisotopic (exact) mass is 444 g/mol. The van der Waals surface area contributed by atoms with E-state index in [2.05, 4.69) is 61.4 Å². The minimum atomic E-state index is -0.0435. The number of carbonyl (C=O) groups is 1. The standard InChI is InChI=1S/C28H36N4O/c1-19-10-11-22(4)26(15-19)31-27-16-24(23-8-5-6-9-25(23)30-27)28(33)29-12-7-13-32-17-20(2)14-21(3)18-32/h5-6,8-11,15-16,20-21H,7,12-14,17-18H2,1-4H3,(H,29,33)(H,30,31)/t20-,21-/m1/s1. The van der Waals surface area contributed by atoms with Crippen LogP contribution in [0.4, 0.5) is 11.5 Å². The molecule has 2 N–H and O–H groups in total. The molecule has 0 unspecified atom stereocenters. The van der Waals surface area contributed by atoms with Crippen molar-refractivity contribution in [3.63, 3.8) is 0 Å². The van der Waals surface area contributed by atoms with Gasteiger partial charge in [0.2, 0.25) is 0 Å². The maximum absolute atomic E-state index is 13.2. The van der Waals surface area contributed by atoms with Crippen LogP contribution in [0.5, 0.6) is 0 Å². The number of benzene rings is 2. The van der Waals surface area contributed by atoms with Crippen molar-refractivity contribution >= 4 is 28.3 Å². The van der Waals surface area contributed by atoms with E-state index in [9.17, 15) is 4.79 Å². The number of carbonyl (C=O) groups excluding carboxylic acids is 1. The number of anilines is 2. The van der Waals surface area contributed by atoms with Gasteiger partial charge in [0.25, 0.3) is 5.91 Å². The van der Waals surface area contributed by atoms with Crippen LogP contribution in [0.1, 0.15) is 48.2 Å². The van der Waals surface area contributed by atoms with E-state index in [4.69, 9.17) is 4.98 Å². The van der Waals surface area contributed by atoms with Crippen molar-refractivity contribution in [1.82, 2.24) is 15.2 Å². The molecule has 5 heteroatoms. The third kappa shape index (κ3) is 5.91. The Kier molecular flexibility index (Phi) is 7.29. The average molecular weight is 445 g/mol. The lowest BCUT2D eigenvalue weighted by atomic mass is 9.92. The van der Waals surface area contributed by atoms with Gasteiger partial charge in [0.1, 0.15) is 5.82 Å². The van der Waals surface area contributed by atoms with Crippen LogP contribution in [0, 0.1) is 25.7 Å². The van der Waals surface area contributed by atoms with E-state index >= 15 is 0 Å². The summed E-state index contributed by atoms with van der Waals surface area (Å²) in [6, 6.07) is 16.0. The highest BCUT2D eigenvalue weighted by molar-refractivity contribution is 6.07. The van der Waals surface area contributed by atoms with Crippen molar-refractivity contribution < 1.29 is 4.79 Å². The number of piperidine rings is 1. The molecule has 1 aliphatic heterocycles. The number of rotatable bonds is 7. The molecule has 2 heterocycles. The molecule has 0 spiro atoms. The number of aromatic nitrogens is 1. The summed E-state index contributed by atoms with van der Waals surface area (Å²) in [6.07, 6.45) is 2.28. The first-order valence-corrected chi connectivity index (χ1v) is 12.1. The quantitative estimate of drug-likeness (QED) is 0.460. The summed E-state index contributed by atoms with van der Waals surface area (Å²) in [5, 5.41) is 7.44. The first-order chi connectivity index (χ1) is 15.9. The van der Waals surface area contributed by atoms with Crippen molar-refractivity contribution in [2.45, 2.75) is 40.5 Å². The van der Waals surface area contributed by atoms with Crippen molar-refractivity contribution in [1.29, 1.82) is 0 Å². The first-order valence-electron chi connectivity index (χ1n) is 12.1. The normalized spacial score (nSPS) is 18.9. The maximum atomic E-state index is 13.2. The molecule has 0 aliphatic carbocycles. The molecule has 174 valence electrons. The van der Waals surface area contributed by atoms with Crippen LogP contribution in [0.3, 0.4) is 0 Å². The van der Waals surface area contributed by atoms with Gasteiger partial charge in [0.05, 0.1) is 11.1 Å². The summed E-state index contributed by atoms with van der Waals surface area (Å²) in [5.74, 6) is 2.16. The van der Waals surface area contributed by atoms with E-state index in [1.54, 1.807) is 0 Å². The van der Waals surface area contributed by atoms with E-state index < -0.39 is 0 Å². The maximum Gasteiger partial charge on any atom is 0.252 e. The number of likely N-dealkylation sites (tertiary alicyclic amines) is 1. The molecule has 33 heavy (non-hydrogen) atoms. The van der Waals surface area contributed by atoms with E-state index in [-0.39, 0.29) is 5.91 Å². The van der Waals surface area contributed by atoms with Crippen LogP contribution >= 0.6 is 0 Å². The highest BCUT2D eigenvalue weighted by Gasteiger charge is 2.21. The van der Waals surface area contributed by atoms with Crippen molar-refractivity contribution in [2.24, 2.45) is 11.8 Å². The smallest absolute Gasteiger partial charge is 0.252 e. The second kappa shape index (κ2) is 10.3. The third-order valence-electron chi connectivity index (χ3n) is 6.50. The van der Waals surface area contributed by atoms with E-state index in [1.165, 1.54) is 25.1 Å². The highest BCUT2D eigenvalue weighted by atomic mass is 16.1. The lowest BCUT2D eigenvalue weighted by Crippen LogP contribution is -2.40. The van der Waals surface area contributed by atoms with Crippen LogP contribution in [0.2, 0.25) is 0 Å². The summed E-state index contributed by atoms with van der Waals surface area (Å²) in [4.78, 5) is 20.5. The fraction of sp³-hybridized carbons (Fsp3) is 0.429. The van der Waals surface area contributed by atoms with Gasteiger partial charge >= 0.3 is 0 Å². The lowest BCUT2D eigenvalue weighted by molar-refractivity contribution is 0.0949. The van der Waals surface area contributed by atoms with E-state index in [0.29, 0.717) is 17.9 Å². The van der Waals surface area contributed by atoms with E-state index in [1.807, 2.05) is 30.3 Å². The molecule has 1 aliphatic rings. The zero-order chi connectivity index (χ0) is 23.4. The van der Waals surface area contributed by atoms with Gasteiger partial charge in [0, 0.05) is 30.7 Å². The Morgan fingerprint density at radius 1 is 1.06 bits per heavy atom. The number of nitrogens with zero attached hydrogens (tertiary/aromatic N) is 2. The van der Waals surface area contributed by atoms with Crippen LogP contribution in [-0.2, 0) is 0 Å². The third-order valence-corrected chi connectivity index (χ3v) is 6.50. The summed E-state index contributed by atoms with van der Waals surface area (Å²) < 4.78 is 0. The predicted octanol–water partition coefficient (Wildman–Crippen LogP) is 5.69. The van der Waals surface area contributed by atoms with E-state index in [0.717, 1.165) is 47.0 Å².